The fourth-order valence-electron chi connectivity index (χ4n) is 6.48. The summed E-state index contributed by atoms with van der Waals surface area (Å²) in [6.45, 7) is 4.49. The fourth-order valence-corrected chi connectivity index (χ4v) is 7.05. The molecule has 0 aromatic heterocycles. The Bertz CT molecular complexity index is 785. The van der Waals surface area contributed by atoms with E-state index in [0.29, 0.717) is 12.8 Å². The van der Waals surface area contributed by atoms with Gasteiger partial charge in [-0.15, -0.1) is 0 Å². The maximum atomic E-state index is 12.6. The highest BCUT2D eigenvalue weighted by Crippen LogP contribution is 2.43. The second-order valence-electron chi connectivity index (χ2n) is 13.7. The molecule has 1 aliphatic rings. The summed E-state index contributed by atoms with van der Waals surface area (Å²) in [6, 6.07) is 0. The summed E-state index contributed by atoms with van der Waals surface area (Å²) in [5.74, 6) is -0.797. The Labute approximate surface area is 282 Å². The third-order valence-electron chi connectivity index (χ3n) is 9.26. The van der Waals surface area contributed by atoms with Crippen molar-refractivity contribution < 1.29 is 37.9 Å². The van der Waals surface area contributed by atoms with Crippen LogP contribution in [0.1, 0.15) is 206 Å². The topological polar surface area (TPSA) is 119 Å². The number of carbonyl (C=O) groups excluding carboxylic acids is 2. The molecule has 0 unspecified atom stereocenters. The molecule has 1 aliphatic carbocycles. The van der Waals surface area contributed by atoms with Gasteiger partial charge in [-0.05, 0) is 25.7 Å². The Hall–Kier alpha value is -0.950. The van der Waals surface area contributed by atoms with E-state index >= 15 is 0 Å². The van der Waals surface area contributed by atoms with Crippen molar-refractivity contribution in [3.8, 4) is 0 Å². The van der Waals surface area contributed by atoms with Crippen LogP contribution in [0.3, 0.4) is 0 Å². The number of unbranched alkanes of at least 4 members (excludes halogenated alkanes) is 24. The Balaban J connectivity index is 2.22. The highest BCUT2D eigenvalue weighted by molar-refractivity contribution is 7.46. The van der Waals surface area contributed by atoms with Gasteiger partial charge >= 0.3 is 19.8 Å². The SMILES string of the molecule is CCCCCCCCCCCCCCCC(=O)O[C@H]1[C@H](OC(=O)CCCCCCCCCCCCCCC)CC[C@H]1OP(=O)(O)O. The van der Waals surface area contributed by atoms with E-state index in [2.05, 4.69) is 13.8 Å². The lowest BCUT2D eigenvalue weighted by molar-refractivity contribution is -0.170. The van der Waals surface area contributed by atoms with Gasteiger partial charge in [-0.2, -0.15) is 0 Å². The van der Waals surface area contributed by atoms with Crippen LogP contribution in [0, 0.1) is 0 Å². The molecule has 9 heteroatoms. The van der Waals surface area contributed by atoms with Crippen LogP contribution in [0.5, 0.6) is 0 Å². The Morgan fingerprint density at radius 3 is 1.15 bits per heavy atom. The summed E-state index contributed by atoms with van der Waals surface area (Å²) in [4.78, 5) is 43.9. The Kier molecular flexibility index (Phi) is 27.2. The lowest BCUT2D eigenvalue weighted by Crippen LogP contribution is -2.38. The van der Waals surface area contributed by atoms with Gasteiger partial charge in [0, 0.05) is 12.8 Å². The summed E-state index contributed by atoms with van der Waals surface area (Å²) < 4.78 is 27.7. The predicted molar refractivity (Wildman–Crippen MR) is 187 cm³/mol. The summed E-state index contributed by atoms with van der Waals surface area (Å²) in [6.07, 6.45) is 30.1. The predicted octanol–water partition coefficient (Wildman–Crippen LogP) is 11.0. The minimum absolute atomic E-state index is 0.233. The monoisotopic (exact) mass is 674 g/mol. The van der Waals surface area contributed by atoms with Gasteiger partial charge in [0.2, 0.25) is 0 Å². The van der Waals surface area contributed by atoms with E-state index in [9.17, 15) is 23.9 Å². The van der Waals surface area contributed by atoms with Crippen LogP contribution < -0.4 is 0 Å². The molecule has 0 bridgehead atoms. The van der Waals surface area contributed by atoms with Gasteiger partial charge in [-0.3, -0.25) is 14.1 Å². The molecule has 0 heterocycles. The molecule has 3 atom stereocenters. The zero-order chi connectivity index (χ0) is 33.7. The van der Waals surface area contributed by atoms with E-state index < -0.39 is 32.1 Å². The highest BCUT2D eigenvalue weighted by atomic mass is 31.2. The molecule has 2 N–H and O–H groups in total. The van der Waals surface area contributed by atoms with Gasteiger partial charge in [-0.1, -0.05) is 168 Å². The van der Waals surface area contributed by atoms with E-state index in [1.165, 1.54) is 128 Å². The lowest BCUT2D eigenvalue weighted by atomic mass is 10.0. The molecule has 1 rings (SSSR count). The van der Waals surface area contributed by atoms with Crippen molar-refractivity contribution in [2.24, 2.45) is 0 Å². The van der Waals surface area contributed by atoms with Gasteiger partial charge in [0.15, 0.2) is 6.10 Å². The van der Waals surface area contributed by atoms with Gasteiger partial charge in [0.05, 0.1) is 0 Å². The van der Waals surface area contributed by atoms with Crippen LogP contribution in [0.15, 0.2) is 0 Å². The van der Waals surface area contributed by atoms with Gasteiger partial charge in [0.25, 0.3) is 0 Å². The third-order valence-corrected chi connectivity index (χ3v) is 9.81. The molecule has 1 saturated carbocycles. The molecule has 0 aliphatic heterocycles. The zero-order valence-corrected chi connectivity index (χ0v) is 30.6. The van der Waals surface area contributed by atoms with E-state index in [1.807, 2.05) is 0 Å². The van der Waals surface area contributed by atoms with Crippen molar-refractivity contribution in [3.05, 3.63) is 0 Å². The van der Waals surface area contributed by atoms with Crippen molar-refractivity contribution >= 4 is 19.8 Å². The molecule has 0 aromatic carbocycles. The normalized spacial score (nSPS) is 18.2. The maximum absolute atomic E-state index is 12.6. The van der Waals surface area contributed by atoms with Crippen molar-refractivity contribution in [1.29, 1.82) is 0 Å². The average molecular weight is 675 g/mol. The van der Waals surface area contributed by atoms with Crippen LogP contribution in [0.25, 0.3) is 0 Å². The standard InChI is InChI=1S/C37H71O8P/c1-3-5-7-9-11-13-15-17-19-21-23-25-27-29-35(38)43-33-31-32-34(45-46(40,41)42)37(33)44-36(39)30-28-26-24-22-20-18-16-14-12-10-8-6-4-2/h33-34,37H,3-32H2,1-2H3,(H2,40,41,42)/t33-,34-,37+/m1/s1. The Morgan fingerprint density at radius 1 is 0.500 bits per heavy atom. The first-order chi connectivity index (χ1) is 22.3. The molecular formula is C37H71O8P. The third kappa shape index (κ3) is 25.1. The minimum atomic E-state index is -4.78. The van der Waals surface area contributed by atoms with E-state index in [-0.39, 0.29) is 25.2 Å². The van der Waals surface area contributed by atoms with E-state index in [1.54, 1.807) is 0 Å². The molecule has 0 spiro atoms. The fraction of sp³-hybridized carbons (Fsp3) is 0.946. The molecule has 0 amide bonds. The van der Waals surface area contributed by atoms with E-state index in [0.717, 1.165) is 32.1 Å². The maximum Gasteiger partial charge on any atom is 0.469 e. The lowest BCUT2D eigenvalue weighted by Gasteiger charge is -2.25. The molecule has 272 valence electrons. The molecular weight excluding hydrogens is 603 g/mol. The van der Waals surface area contributed by atoms with Gasteiger partial charge < -0.3 is 19.3 Å². The zero-order valence-electron chi connectivity index (χ0n) is 29.7. The van der Waals surface area contributed by atoms with Gasteiger partial charge in [0.1, 0.15) is 12.2 Å². The number of esters is 2. The molecule has 1 fully saturated rings. The smallest absolute Gasteiger partial charge is 0.458 e. The minimum Gasteiger partial charge on any atom is -0.458 e. The second-order valence-corrected chi connectivity index (χ2v) is 14.9. The largest absolute Gasteiger partial charge is 0.469 e. The highest BCUT2D eigenvalue weighted by Gasteiger charge is 2.45. The van der Waals surface area contributed by atoms with Crippen molar-refractivity contribution in [2.75, 3.05) is 0 Å². The number of ether oxygens (including phenoxy) is 2. The number of phosphoric ester groups is 1. The van der Waals surface area contributed by atoms with Crippen LogP contribution in [-0.2, 0) is 28.2 Å². The first kappa shape index (κ1) is 43.1. The number of phosphoric acid groups is 1. The molecule has 46 heavy (non-hydrogen) atoms. The molecule has 0 radical (unpaired) electrons. The van der Waals surface area contributed by atoms with Gasteiger partial charge in [-0.25, -0.2) is 4.57 Å². The van der Waals surface area contributed by atoms with Crippen molar-refractivity contribution in [3.63, 3.8) is 0 Å². The quantitative estimate of drug-likeness (QED) is 0.0411. The first-order valence-electron chi connectivity index (χ1n) is 19.4. The van der Waals surface area contributed by atoms with Crippen molar-refractivity contribution in [2.45, 2.75) is 225 Å². The van der Waals surface area contributed by atoms with E-state index in [4.69, 9.17) is 14.0 Å². The van der Waals surface area contributed by atoms with Crippen LogP contribution in [-0.4, -0.2) is 40.0 Å². The number of hydrogen-bond donors (Lipinski definition) is 2. The molecule has 8 nitrogen and oxygen atoms in total. The molecule has 0 saturated heterocycles. The van der Waals surface area contributed by atoms with Crippen LogP contribution in [0.4, 0.5) is 0 Å². The van der Waals surface area contributed by atoms with Crippen LogP contribution >= 0.6 is 7.82 Å². The summed E-state index contributed by atoms with van der Waals surface area (Å²) in [5, 5.41) is 0. The number of hydrogen-bond acceptors (Lipinski definition) is 6. The summed E-state index contributed by atoms with van der Waals surface area (Å²) in [5.41, 5.74) is 0. The average Bonchev–Trinajstić information content (AvgIpc) is 3.36. The van der Waals surface area contributed by atoms with Crippen molar-refractivity contribution in [1.82, 2.24) is 0 Å². The second kappa shape index (κ2) is 29.0. The van der Waals surface area contributed by atoms with Crippen LogP contribution in [0.2, 0.25) is 0 Å². The number of carbonyl (C=O) groups is 2. The summed E-state index contributed by atoms with van der Waals surface area (Å²) >= 11 is 0. The summed E-state index contributed by atoms with van der Waals surface area (Å²) in [7, 11) is -4.78. The number of rotatable bonds is 32. The molecule has 0 aromatic rings. The first-order valence-corrected chi connectivity index (χ1v) is 20.9. The Morgan fingerprint density at radius 2 is 0.804 bits per heavy atom.